The van der Waals surface area contributed by atoms with Crippen molar-refractivity contribution in [2.24, 2.45) is 4.99 Å². The Bertz CT molecular complexity index is 720. The second-order valence-corrected chi connectivity index (χ2v) is 10.3. The number of rotatable bonds is 11. The number of carbonyl (C=O) groups is 2. The molecule has 34 heavy (non-hydrogen) atoms. The number of benzene rings is 1. The first-order chi connectivity index (χ1) is 15.9. The third-order valence-corrected chi connectivity index (χ3v) is 4.44. The third kappa shape index (κ3) is 16.9. The van der Waals surface area contributed by atoms with Crippen molar-refractivity contribution < 1.29 is 19.1 Å². The normalized spacial score (nSPS) is 11.5. The molecule has 0 aromatic heterocycles. The van der Waals surface area contributed by atoms with Gasteiger partial charge in [-0.25, -0.2) is 9.59 Å². The lowest BCUT2D eigenvalue weighted by Gasteiger charge is -2.22. The van der Waals surface area contributed by atoms with Gasteiger partial charge in [-0.05, 0) is 66.5 Å². The molecule has 8 nitrogen and oxygen atoms in total. The topological polar surface area (TPSA) is 101 Å². The molecule has 0 aliphatic rings. The van der Waals surface area contributed by atoms with Crippen molar-refractivity contribution in [3.05, 3.63) is 35.9 Å². The molecule has 0 saturated heterocycles. The number of alkyl carbamates (subject to hydrolysis) is 2. The van der Waals surface area contributed by atoms with E-state index in [1.165, 1.54) is 18.4 Å². The molecule has 0 atom stereocenters. The minimum Gasteiger partial charge on any atom is -0.444 e. The van der Waals surface area contributed by atoms with Gasteiger partial charge in [0.05, 0.1) is 0 Å². The molecule has 1 aromatic rings. The summed E-state index contributed by atoms with van der Waals surface area (Å²) < 4.78 is 10.5. The summed E-state index contributed by atoms with van der Waals surface area (Å²) in [6.45, 7) is 13.0. The molecule has 1 aromatic carbocycles. The summed E-state index contributed by atoms with van der Waals surface area (Å²) in [7, 11) is 0. The van der Waals surface area contributed by atoms with Crippen molar-refractivity contribution in [1.82, 2.24) is 16.0 Å². The number of guanidine groups is 1. The molecule has 0 aliphatic heterocycles. The van der Waals surface area contributed by atoms with Crippen LogP contribution in [0, 0.1) is 0 Å². The summed E-state index contributed by atoms with van der Waals surface area (Å²) >= 11 is 0. The van der Waals surface area contributed by atoms with Crippen LogP contribution in [0.15, 0.2) is 35.3 Å². The molecule has 3 N–H and O–H groups in total. The first kappa shape index (κ1) is 29.4. The van der Waals surface area contributed by atoms with Crippen LogP contribution in [0.1, 0.15) is 85.6 Å². The summed E-state index contributed by atoms with van der Waals surface area (Å²) in [4.78, 5) is 28.5. The predicted octanol–water partition coefficient (Wildman–Crippen LogP) is 5.52. The zero-order chi connectivity index (χ0) is 25.5. The number of nitrogens with one attached hydrogen (secondary N) is 3. The molecule has 0 heterocycles. The van der Waals surface area contributed by atoms with Crippen LogP contribution in [0.3, 0.4) is 0 Å². The summed E-state index contributed by atoms with van der Waals surface area (Å²) in [5, 5.41) is 8.48. The molecule has 8 heteroatoms. The Kier molecular flexibility index (Phi) is 13.3. The van der Waals surface area contributed by atoms with E-state index in [4.69, 9.17) is 9.47 Å². The first-order valence-corrected chi connectivity index (χ1v) is 12.2. The molecule has 2 amide bonds. The van der Waals surface area contributed by atoms with Gasteiger partial charge in [-0.15, -0.1) is 0 Å². The van der Waals surface area contributed by atoms with Gasteiger partial charge in [0.1, 0.15) is 11.2 Å². The fraction of sp³-hybridized carbons (Fsp3) is 0.654. The van der Waals surface area contributed by atoms with E-state index in [0.29, 0.717) is 6.54 Å². The largest absolute Gasteiger partial charge is 0.444 e. The zero-order valence-electron chi connectivity index (χ0n) is 21.8. The molecule has 0 saturated carbocycles. The third-order valence-electron chi connectivity index (χ3n) is 4.44. The van der Waals surface area contributed by atoms with Gasteiger partial charge in [0.15, 0.2) is 0 Å². The highest BCUT2D eigenvalue weighted by molar-refractivity contribution is 6.01. The van der Waals surface area contributed by atoms with Gasteiger partial charge < -0.3 is 14.8 Å². The number of carbonyl (C=O) groups excluding carboxylic acids is 2. The van der Waals surface area contributed by atoms with Gasteiger partial charge in [-0.3, -0.25) is 15.6 Å². The van der Waals surface area contributed by atoms with Crippen molar-refractivity contribution in [1.29, 1.82) is 0 Å². The highest BCUT2D eigenvalue weighted by Crippen LogP contribution is 2.08. The quantitative estimate of drug-likeness (QED) is 0.222. The molecule has 0 fully saturated rings. The Labute approximate surface area is 205 Å². The average Bonchev–Trinajstić information content (AvgIpc) is 2.69. The SMILES string of the molecule is CC(C)(C)OC(=O)NC(=NCCCCCCCCNCc1ccccc1)NC(=O)OC(C)(C)C. The summed E-state index contributed by atoms with van der Waals surface area (Å²) in [6, 6.07) is 10.4. The Balaban J connectivity index is 2.28. The smallest absolute Gasteiger partial charge is 0.414 e. The number of amides is 2. The van der Waals surface area contributed by atoms with E-state index in [-0.39, 0.29) is 5.96 Å². The van der Waals surface area contributed by atoms with Crippen molar-refractivity contribution in [3.63, 3.8) is 0 Å². The maximum absolute atomic E-state index is 12.1. The minimum atomic E-state index is -0.678. The van der Waals surface area contributed by atoms with E-state index in [1.54, 1.807) is 41.5 Å². The van der Waals surface area contributed by atoms with Gasteiger partial charge in [0.2, 0.25) is 5.96 Å². The lowest BCUT2D eigenvalue weighted by molar-refractivity contribution is 0.0545. The Morgan fingerprint density at radius 3 is 1.79 bits per heavy atom. The summed E-state index contributed by atoms with van der Waals surface area (Å²) in [5.41, 5.74) is 0.000775. The Morgan fingerprint density at radius 2 is 1.26 bits per heavy atom. The van der Waals surface area contributed by atoms with Gasteiger partial charge in [0, 0.05) is 13.1 Å². The highest BCUT2D eigenvalue weighted by Gasteiger charge is 2.21. The molecule has 1 rings (SSSR count). The number of hydrogen-bond donors (Lipinski definition) is 3. The standard InChI is InChI=1S/C26H44N4O4/c1-25(2,3)33-23(31)29-22(30-24(32)34-26(4,5)6)28-19-15-10-8-7-9-14-18-27-20-21-16-12-11-13-17-21/h11-13,16-17,27H,7-10,14-15,18-20H2,1-6H3,(H2,28,29,30,31,32). The van der Waals surface area contributed by atoms with Gasteiger partial charge in [-0.1, -0.05) is 56.0 Å². The summed E-state index contributed by atoms with van der Waals surface area (Å²) in [6.07, 6.45) is 5.20. The lowest BCUT2D eigenvalue weighted by atomic mass is 10.1. The second-order valence-electron chi connectivity index (χ2n) is 10.3. The molecule has 0 spiro atoms. The van der Waals surface area contributed by atoms with E-state index in [2.05, 4.69) is 45.2 Å². The molecule has 0 unspecified atom stereocenters. The van der Waals surface area contributed by atoms with E-state index in [9.17, 15) is 9.59 Å². The van der Waals surface area contributed by atoms with Crippen LogP contribution >= 0.6 is 0 Å². The van der Waals surface area contributed by atoms with Crippen LogP contribution in [0.2, 0.25) is 0 Å². The van der Waals surface area contributed by atoms with Crippen LogP contribution in [0.25, 0.3) is 0 Å². The predicted molar refractivity (Wildman–Crippen MR) is 137 cm³/mol. The number of unbranched alkanes of at least 4 members (excludes halogenated alkanes) is 5. The highest BCUT2D eigenvalue weighted by atomic mass is 16.6. The van der Waals surface area contributed by atoms with Crippen molar-refractivity contribution >= 4 is 18.1 Å². The monoisotopic (exact) mass is 476 g/mol. The number of ether oxygens (including phenoxy) is 2. The van der Waals surface area contributed by atoms with Crippen LogP contribution in [0.5, 0.6) is 0 Å². The molecule has 192 valence electrons. The van der Waals surface area contributed by atoms with E-state index in [1.807, 2.05) is 6.07 Å². The van der Waals surface area contributed by atoms with E-state index < -0.39 is 23.4 Å². The Morgan fingerprint density at radius 1 is 0.765 bits per heavy atom. The van der Waals surface area contributed by atoms with Crippen molar-refractivity contribution in [2.75, 3.05) is 13.1 Å². The lowest BCUT2D eigenvalue weighted by Crippen LogP contribution is -2.47. The summed E-state index contributed by atoms with van der Waals surface area (Å²) in [5.74, 6) is 0.0352. The minimum absolute atomic E-state index is 0.0352. The van der Waals surface area contributed by atoms with Crippen LogP contribution in [0.4, 0.5) is 9.59 Å². The maximum atomic E-state index is 12.1. The fourth-order valence-electron chi connectivity index (χ4n) is 3.00. The van der Waals surface area contributed by atoms with E-state index >= 15 is 0 Å². The van der Waals surface area contributed by atoms with E-state index in [0.717, 1.165) is 38.8 Å². The average molecular weight is 477 g/mol. The maximum Gasteiger partial charge on any atom is 0.414 e. The van der Waals surface area contributed by atoms with Gasteiger partial charge in [0.25, 0.3) is 0 Å². The molecule has 0 bridgehead atoms. The molecule has 0 aliphatic carbocycles. The van der Waals surface area contributed by atoms with Crippen molar-refractivity contribution in [3.8, 4) is 0 Å². The van der Waals surface area contributed by atoms with Crippen LogP contribution < -0.4 is 16.0 Å². The van der Waals surface area contributed by atoms with Crippen LogP contribution in [-0.4, -0.2) is 42.4 Å². The second kappa shape index (κ2) is 15.3. The molecule has 0 radical (unpaired) electrons. The van der Waals surface area contributed by atoms with Gasteiger partial charge in [-0.2, -0.15) is 0 Å². The zero-order valence-corrected chi connectivity index (χ0v) is 21.8. The number of aliphatic imine (C=N–C) groups is 1. The fourth-order valence-corrected chi connectivity index (χ4v) is 3.00. The van der Waals surface area contributed by atoms with Crippen molar-refractivity contribution in [2.45, 2.75) is 97.8 Å². The Hall–Kier alpha value is -2.61. The van der Waals surface area contributed by atoms with Crippen LogP contribution in [-0.2, 0) is 16.0 Å². The molecular weight excluding hydrogens is 432 g/mol. The van der Waals surface area contributed by atoms with Gasteiger partial charge >= 0.3 is 12.2 Å². The molecular formula is C26H44N4O4. The first-order valence-electron chi connectivity index (χ1n) is 12.2. The number of hydrogen-bond acceptors (Lipinski definition) is 6. The number of nitrogens with zero attached hydrogens (tertiary/aromatic N) is 1.